The third kappa shape index (κ3) is 3.02. The van der Waals surface area contributed by atoms with Crippen LogP contribution in [0.2, 0.25) is 0 Å². The van der Waals surface area contributed by atoms with Crippen molar-refractivity contribution in [1.29, 1.82) is 0 Å². The van der Waals surface area contributed by atoms with Gasteiger partial charge in [-0.25, -0.2) is 9.50 Å². The van der Waals surface area contributed by atoms with Gasteiger partial charge in [0.05, 0.1) is 18.2 Å². The number of fused-ring (bicyclic) bond motifs is 2. The quantitative estimate of drug-likeness (QED) is 0.528. The van der Waals surface area contributed by atoms with Crippen molar-refractivity contribution in [2.45, 2.75) is 6.42 Å². The zero-order valence-corrected chi connectivity index (χ0v) is 14.5. The summed E-state index contributed by atoms with van der Waals surface area (Å²) in [5, 5.41) is 15.1. The van der Waals surface area contributed by atoms with E-state index in [2.05, 4.69) is 16.3 Å². The number of hydrogen-bond acceptors (Lipinski definition) is 6. The summed E-state index contributed by atoms with van der Waals surface area (Å²) in [5.74, 6) is 2.39. The number of phenols is 1. The largest absolute Gasteiger partial charge is 0.507 e. The Kier molecular flexibility index (Phi) is 4.23. The molecule has 1 N–H and O–H groups in total. The summed E-state index contributed by atoms with van der Waals surface area (Å²) in [5.41, 5.74) is 2.03. The van der Waals surface area contributed by atoms with Crippen LogP contribution in [-0.4, -0.2) is 38.3 Å². The molecule has 0 aliphatic rings. The maximum atomic E-state index is 9.96. The van der Waals surface area contributed by atoms with Crippen LogP contribution in [0.15, 0.2) is 47.0 Å². The lowest BCUT2D eigenvalue weighted by molar-refractivity contribution is 0.302. The SMILES string of the molecule is CSCCCOc1ccc2ncc(-c3cc4c(O)cccc4o3)n2n1. The summed E-state index contributed by atoms with van der Waals surface area (Å²) in [6.07, 6.45) is 4.75. The van der Waals surface area contributed by atoms with Gasteiger partial charge in [-0.1, -0.05) is 6.07 Å². The smallest absolute Gasteiger partial charge is 0.231 e. The van der Waals surface area contributed by atoms with Crippen LogP contribution in [0, 0.1) is 0 Å². The molecule has 0 fully saturated rings. The fourth-order valence-electron chi connectivity index (χ4n) is 2.65. The van der Waals surface area contributed by atoms with E-state index in [1.807, 2.05) is 18.2 Å². The molecular weight excluding hydrogens is 338 g/mol. The molecule has 4 rings (SSSR count). The highest BCUT2D eigenvalue weighted by Crippen LogP contribution is 2.32. The van der Waals surface area contributed by atoms with Gasteiger partial charge in [-0.05, 0) is 42.7 Å². The molecule has 0 bridgehead atoms. The van der Waals surface area contributed by atoms with E-state index in [0.29, 0.717) is 40.6 Å². The highest BCUT2D eigenvalue weighted by Gasteiger charge is 2.14. The Balaban J connectivity index is 1.69. The number of imidazole rings is 1. The number of nitrogens with zero attached hydrogens (tertiary/aromatic N) is 3. The molecule has 25 heavy (non-hydrogen) atoms. The van der Waals surface area contributed by atoms with Gasteiger partial charge in [0.15, 0.2) is 11.4 Å². The standard InChI is InChI=1S/C18H17N3O3S/c1-25-9-3-8-23-18-7-6-17-19-11-13(21(17)20-18)16-10-12-14(22)4-2-5-15(12)24-16/h2,4-7,10-11,22H,3,8-9H2,1H3. The fourth-order valence-corrected chi connectivity index (χ4v) is 3.06. The number of aromatic hydroxyl groups is 1. The molecule has 0 unspecified atom stereocenters. The lowest BCUT2D eigenvalue weighted by Gasteiger charge is -2.05. The monoisotopic (exact) mass is 355 g/mol. The van der Waals surface area contributed by atoms with Gasteiger partial charge in [0.25, 0.3) is 0 Å². The highest BCUT2D eigenvalue weighted by molar-refractivity contribution is 7.98. The summed E-state index contributed by atoms with van der Waals surface area (Å²) < 4.78 is 13.3. The van der Waals surface area contributed by atoms with Gasteiger partial charge in [0, 0.05) is 6.07 Å². The van der Waals surface area contributed by atoms with E-state index < -0.39 is 0 Å². The van der Waals surface area contributed by atoms with Crippen molar-refractivity contribution in [1.82, 2.24) is 14.6 Å². The lowest BCUT2D eigenvalue weighted by Crippen LogP contribution is -2.03. The third-order valence-electron chi connectivity index (χ3n) is 3.87. The minimum atomic E-state index is 0.187. The maximum Gasteiger partial charge on any atom is 0.231 e. The third-order valence-corrected chi connectivity index (χ3v) is 4.57. The molecule has 0 saturated heterocycles. The average molecular weight is 355 g/mol. The van der Waals surface area contributed by atoms with Crippen LogP contribution in [0.5, 0.6) is 11.6 Å². The van der Waals surface area contributed by atoms with Crippen molar-refractivity contribution in [3.05, 3.63) is 42.6 Å². The Morgan fingerprint density at radius 1 is 1.28 bits per heavy atom. The number of phenolic OH excluding ortho intramolecular Hbond substituents is 1. The van der Waals surface area contributed by atoms with Crippen LogP contribution in [0.1, 0.15) is 6.42 Å². The number of rotatable bonds is 6. The first-order valence-corrected chi connectivity index (χ1v) is 9.34. The van der Waals surface area contributed by atoms with Crippen LogP contribution < -0.4 is 4.74 Å². The van der Waals surface area contributed by atoms with Gasteiger partial charge < -0.3 is 14.3 Å². The number of furan rings is 1. The fraction of sp³-hybridized carbons (Fsp3) is 0.222. The molecule has 0 spiro atoms. The molecule has 6 nitrogen and oxygen atoms in total. The molecule has 1 aromatic carbocycles. The average Bonchev–Trinajstić information content (AvgIpc) is 3.23. The van der Waals surface area contributed by atoms with Crippen molar-refractivity contribution in [2.24, 2.45) is 0 Å². The molecule has 0 amide bonds. The second-order valence-corrected chi connectivity index (χ2v) is 6.57. The lowest BCUT2D eigenvalue weighted by atomic mass is 10.2. The molecule has 0 saturated carbocycles. The van der Waals surface area contributed by atoms with E-state index in [-0.39, 0.29) is 5.75 Å². The number of benzene rings is 1. The molecule has 128 valence electrons. The predicted molar refractivity (Wildman–Crippen MR) is 98.4 cm³/mol. The molecule has 0 atom stereocenters. The molecule has 0 radical (unpaired) electrons. The molecular formula is C18H17N3O3S. The first-order valence-electron chi connectivity index (χ1n) is 7.94. The number of hydrogen-bond donors (Lipinski definition) is 1. The van der Waals surface area contributed by atoms with Crippen LogP contribution in [0.25, 0.3) is 28.1 Å². The molecule has 0 aliphatic heterocycles. The first kappa shape index (κ1) is 15.8. The minimum Gasteiger partial charge on any atom is -0.507 e. The van der Waals surface area contributed by atoms with Gasteiger partial charge in [0.1, 0.15) is 17.0 Å². The normalized spacial score (nSPS) is 11.4. The van der Waals surface area contributed by atoms with Gasteiger partial charge in [-0.15, -0.1) is 5.10 Å². The second-order valence-electron chi connectivity index (χ2n) is 5.58. The van der Waals surface area contributed by atoms with E-state index in [4.69, 9.17) is 9.15 Å². The van der Waals surface area contributed by atoms with E-state index in [1.165, 1.54) is 0 Å². The zero-order valence-electron chi connectivity index (χ0n) is 13.7. The van der Waals surface area contributed by atoms with Gasteiger partial charge >= 0.3 is 0 Å². The molecule has 4 aromatic rings. The van der Waals surface area contributed by atoms with Crippen LogP contribution >= 0.6 is 11.8 Å². The molecule has 3 aromatic heterocycles. The first-order chi connectivity index (χ1) is 12.3. The van der Waals surface area contributed by atoms with Crippen molar-refractivity contribution >= 4 is 28.4 Å². The molecule has 0 aliphatic carbocycles. The molecule has 7 heteroatoms. The summed E-state index contributed by atoms with van der Waals surface area (Å²) in [4.78, 5) is 4.36. The zero-order chi connectivity index (χ0) is 17.2. The Morgan fingerprint density at radius 3 is 3.04 bits per heavy atom. The van der Waals surface area contributed by atoms with E-state index in [1.54, 1.807) is 40.7 Å². The summed E-state index contributed by atoms with van der Waals surface area (Å²) in [7, 11) is 0. The number of ether oxygens (including phenoxy) is 1. The highest BCUT2D eigenvalue weighted by atomic mass is 32.2. The number of thioether (sulfide) groups is 1. The predicted octanol–water partition coefficient (Wildman–Crippen LogP) is 3.98. The van der Waals surface area contributed by atoms with E-state index >= 15 is 0 Å². The van der Waals surface area contributed by atoms with Crippen LogP contribution in [0.3, 0.4) is 0 Å². The second kappa shape index (κ2) is 6.68. The van der Waals surface area contributed by atoms with Crippen LogP contribution in [-0.2, 0) is 0 Å². The Morgan fingerprint density at radius 2 is 2.20 bits per heavy atom. The Labute approximate surface area is 148 Å². The summed E-state index contributed by atoms with van der Waals surface area (Å²) in [6.45, 7) is 0.627. The van der Waals surface area contributed by atoms with Gasteiger partial charge in [-0.3, -0.25) is 0 Å². The van der Waals surface area contributed by atoms with E-state index in [9.17, 15) is 5.11 Å². The molecule has 3 heterocycles. The Bertz CT molecular complexity index is 1020. The van der Waals surface area contributed by atoms with Gasteiger partial charge in [-0.2, -0.15) is 11.8 Å². The minimum absolute atomic E-state index is 0.187. The van der Waals surface area contributed by atoms with Crippen LogP contribution in [0.4, 0.5) is 0 Å². The maximum absolute atomic E-state index is 9.96. The van der Waals surface area contributed by atoms with E-state index in [0.717, 1.165) is 12.2 Å². The Hall–Kier alpha value is -2.67. The topological polar surface area (TPSA) is 72.8 Å². The van der Waals surface area contributed by atoms with Crippen molar-refractivity contribution in [2.75, 3.05) is 18.6 Å². The van der Waals surface area contributed by atoms with Crippen molar-refractivity contribution < 1.29 is 14.3 Å². The number of aromatic nitrogens is 3. The van der Waals surface area contributed by atoms with Crippen molar-refractivity contribution in [3.63, 3.8) is 0 Å². The van der Waals surface area contributed by atoms with Crippen molar-refractivity contribution in [3.8, 4) is 23.1 Å². The van der Waals surface area contributed by atoms with Gasteiger partial charge in [0.2, 0.25) is 5.88 Å². The summed E-state index contributed by atoms with van der Waals surface area (Å²) in [6, 6.07) is 10.7. The summed E-state index contributed by atoms with van der Waals surface area (Å²) >= 11 is 1.80.